The topological polar surface area (TPSA) is 637 Å². The van der Waals surface area contributed by atoms with Crippen molar-refractivity contribution in [2.75, 3.05) is 208 Å². The molecule has 124 heavy (non-hydrogen) atoms. The number of carbonyl (C=O) groups is 15. The number of nitrogens with zero attached hydrogens (tertiary/aromatic N) is 2. The summed E-state index contributed by atoms with van der Waals surface area (Å²) in [6, 6.07) is 3.09. The number of guanidine groups is 1. The van der Waals surface area contributed by atoms with Gasteiger partial charge in [-0.25, -0.2) is 4.39 Å². The Morgan fingerprint density at radius 2 is 0.911 bits per heavy atom. The Labute approximate surface area is 727 Å². The number of nitrogens with two attached hydrogens (primary N) is 3. The van der Waals surface area contributed by atoms with Crippen molar-refractivity contribution in [2.24, 2.45) is 27.3 Å². The van der Waals surface area contributed by atoms with E-state index in [-0.39, 0.29) is 186 Å². The monoisotopic (exact) mass is 1810 g/mol. The maximum atomic E-state index is 14.7. The molecule has 0 aromatic heterocycles. The summed E-state index contributed by atoms with van der Waals surface area (Å²) in [6.07, 6.45) is 0.302. The van der Waals surface area contributed by atoms with Gasteiger partial charge in [0.2, 0.25) is 76.8 Å². The lowest BCUT2D eigenvalue weighted by atomic mass is 10.0. The quantitative estimate of drug-likeness (QED) is 0.00962. The van der Waals surface area contributed by atoms with Gasteiger partial charge in [0.1, 0.15) is 74.5 Å². The molecule has 4 rings (SSSR count). The Hall–Kier alpha value is -10.2. The normalized spacial score (nSPS) is 18.5. The fraction of sp³-hybridized carbons (Fsp3) is 0.613. The van der Waals surface area contributed by atoms with Crippen molar-refractivity contribution < 1.29 is 134 Å². The number of benzene rings is 2. The molecule has 2 fully saturated rings. The largest absolute Gasteiger partial charge is 0.481 e. The number of primary amides is 1. The summed E-state index contributed by atoms with van der Waals surface area (Å²) < 4.78 is 67.1. The van der Waals surface area contributed by atoms with Gasteiger partial charge in [0.05, 0.1) is 131 Å². The first-order valence-corrected chi connectivity index (χ1v) is 43.3. The van der Waals surface area contributed by atoms with Crippen LogP contribution in [0.25, 0.3) is 0 Å². The predicted octanol–water partition coefficient (Wildman–Crippen LogP) is -7.00. The van der Waals surface area contributed by atoms with Gasteiger partial charge in [-0.15, -0.1) is 11.8 Å². The van der Waals surface area contributed by atoms with Crippen molar-refractivity contribution in [1.82, 2.24) is 69.1 Å². The lowest BCUT2D eigenvalue weighted by Gasteiger charge is -2.27. The fourth-order valence-corrected chi connectivity index (χ4v) is 13.7. The lowest BCUT2D eigenvalue weighted by Crippen LogP contribution is -2.60. The summed E-state index contributed by atoms with van der Waals surface area (Å²) in [5.74, 6) is -14.8. The number of ether oxygens (including phenoxy) is 10. The van der Waals surface area contributed by atoms with E-state index in [1.54, 1.807) is 30.3 Å². The zero-order valence-electron chi connectivity index (χ0n) is 68.7. The molecule has 0 spiro atoms. The Bertz CT molecular complexity index is 3670. The molecule has 2 aromatic carbocycles. The van der Waals surface area contributed by atoms with E-state index >= 15 is 0 Å². The number of carboxylic acid groups (broad SMARTS) is 1. The van der Waals surface area contributed by atoms with E-state index in [0.29, 0.717) is 50.8 Å². The summed E-state index contributed by atoms with van der Waals surface area (Å²) >= 11 is 0.865. The van der Waals surface area contributed by atoms with E-state index in [2.05, 4.69) is 79.3 Å². The molecule has 2 bridgehead atoms. The highest BCUT2D eigenvalue weighted by atomic mass is 33.1. The molecule has 49 heteroatoms. The summed E-state index contributed by atoms with van der Waals surface area (Å²) in [5.41, 5.74) is 17.2. The predicted molar refractivity (Wildman–Crippen MR) is 447 cm³/mol. The van der Waals surface area contributed by atoms with Crippen molar-refractivity contribution in [2.45, 2.75) is 87.2 Å². The van der Waals surface area contributed by atoms with Gasteiger partial charge in [0, 0.05) is 62.9 Å². The third-order valence-corrected chi connectivity index (χ3v) is 20.0. The minimum absolute atomic E-state index is 0.0224. The van der Waals surface area contributed by atoms with Gasteiger partial charge in [-0.1, -0.05) is 69.2 Å². The molecular formula is C75H115FN18O27S3. The fourth-order valence-electron chi connectivity index (χ4n) is 10.5. The maximum absolute atomic E-state index is 14.7. The lowest BCUT2D eigenvalue weighted by molar-refractivity contribution is -0.141. The minimum atomic E-state index is -1.85. The second-order valence-corrected chi connectivity index (χ2v) is 30.3. The molecule has 0 radical (unpaired) electrons. The van der Waals surface area contributed by atoms with Gasteiger partial charge < -0.3 is 144 Å². The average molecular weight is 1820 g/mol. The van der Waals surface area contributed by atoms with Gasteiger partial charge in [0.25, 0.3) is 5.91 Å². The number of rotatable bonds is 56. The molecule has 2 heterocycles. The second-order valence-electron chi connectivity index (χ2n) is 26.7. The SMILES string of the molecule is NC(=O)COCC(=O)NCCOCCOCCOCCNC(=O)[C@@H]1CSCC(=O)N[C@@H](CCCCNC(=O)COCC(=O)NCCOCCOCCOCCOCCOCCNC(=O)CO/N=C\c2ccc(F)cc2)C(=O)N[C@H]2CSSC[C@H](NC(=O)[C@H](CC(=O)O)NC(=O)CNC(=O)[C@H](CCCN=C(N)N)NC2=O)C(=O)N[C@@H](Cc2ccccc2)C(=O)N1. The average Bonchev–Trinajstić information content (AvgIpc) is 0.978. The molecule has 2 aliphatic heterocycles. The van der Waals surface area contributed by atoms with Crippen LogP contribution < -0.4 is 86.3 Å². The molecule has 0 unspecified atom stereocenters. The van der Waals surface area contributed by atoms with Crippen molar-refractivity contribution in [3.05, 3.63) is 71.5 Å². The first-order chi connectivity index (χ1) is 59.8. The molecule has 0 saturated carbocycles. The summed E-state index contributed by atoms with van der Waals surface area (Å²) in [4.78, 5) is 209. The number of oxime groups is 1. The van der Waals surface area contributed by atoms with E-state index in [0.717, 1.165) is 33.3 Å². The van der Waals surface area contributed by atoms with Crippen LogP contribution in [0.4, 0.5) is 4.39 Å². The van der Waals surface area contributed by atoms with Crippen LogP contribution in [0.3, 0.4) is 0 Å². The van der Waals surface area contributed by atoms with Crippen LogP contribution in [0, 0.1) is 5.82 Å². The van der Waals surface area contributed by atoms with E-state index in [4.69, 9.17) is 69.4 Å². The Morgan fingerprint density at radius 1 is 0.460 bits per heavy atom. The van der Waals surface area contributed by atoms with Crippen LogP contribution in [-0.2, 0) is 131 Å². The van der Waals surface area contributed by atoms with Crippen LogP contribution in [-0.4, -0.2) is 356 Å². The molecule has 7 atom stereocenters. The number of amides is 14. The zero-order chi connectivity index (χ0) is 90.2. The first kappa shape index (κ1) is 106. The van der Waals surface area contributed by atoms with Gasteiger partial charge in [0.15, 0.2) is 12.6 Å². The number of aliphatic imine (C=N–C) groups is 1. The molecular weight excluding hydrogens is 1700 g/mol. The number of unbranched alkanes of at least 4 members (excludes halogenated alkanes) is 1. The summed E-state index contributed by atoms with van der Waals surface area (Å²) in [7, 11) is 1.78. The Balaban J connectivity index is 1.35. The van der Waals surface area contributed by atoms with E-state index < -0.39 is 169 Å². The summed E-state index contributed by atoms with van der Waals surface area (Å²) in [5, 5.41) is 47.1. The number of hydrogen-bond acceptors (Lipinski definition) is 31. The molecule has 692 valence electrons. The number of hydrogen-bond donors (Lipinski definition) is 17. The van der Waals surface area contributed by atoms with Crippen molar-refractivity contribution >= 4 is 134 Å². The first-order valence-electron chi connectivity index (χ1n) is 39.7. The van der Waals surface area contributed by atoms with Crippen LogP contribution in [0.2, 0.25) is 0 Å². The number of carboxylic acids is 1. The highest BCUT2D eigenvalue weighted by Crippen LogP contribution is 2.24. The molecule has 2 saturated heterocycles. The Morgan fingerprint density at radius 3 is 1.43 bits per heavy atom. The number of nitrogens with one attached hydrogen (secondary N) is 13. The molecule has 0 aliphatic carbocycles. The van der Waals surface area contributed by atoms with Crippen LogP contribution in [0.5, 0.6) is 0 Å². The zero-order valence-corrected chi connectivity index (χ0v) is 71.1. The summed E-state index contributed by atoms with van der Waals surface area (Å²) in [6.45, 7) is 1.00. The van der Waals surface area contributed by atoms with Crippen LogP contribution in [0.1, 0.15) is 49.7 Å². The molecule has 45 nitrogen and oxygen atoms in total. The van der Waals surface area contributed by atoms with Crippen LogP contribution in [0.15, 0.2) is 64.7 Å². The molecule has 2 aliphatic rings. The van der Waals surface area contributed by atoms with Gasteiger partial charge in [-0.3, -0.25) is 76.9 Å². The highest BCUT2D eigenvalue weighted by Gasteiger charge is 2.36. The standard InChI is InChI=1S/C75H115FN18O27S3/c76-52-13-11-51(12-14-52)39-87-121-45-65(100)83-19-23-113-27-31-117-34-36-118-35-33-116-30-26-112-22-18-82-64(99)44-120-43-62(97)80-15-5-4-9-54-70(106)93-58-47-123-124-48-59(94-72(108)56(38-67(102)103)89-61(96)40-86-68(104)53(90-73(58)109)10-6-16-85-75(78)79)74(110)91-55(37-50-7-2-1-3-8-50)71(107)92-57(46-122-49-66(101)88-54)69(105)84-20-24-114-28-32-115-29-25-111-21-17-81-63(98)42-119-41-60(77)95/h1-3,7-8,11-14,39,53-59H,4-6,9-10,15-38,40-49H2,(H2,77,95)(H,80,97)(H,81,98)(H,82,99)(H,83,100)(H,84,105)(H,86,104)(H,88,101)(H,89,96)(H,90,109)(H,91,110)(H,92,107)(H,93,106)(H,94,108)(H,102,103)(H4,78,79,85)/b87-39-/t53-,54-,55-,56-,57-,58-,59-/m0/s1. The van der Waals surface area contributed by atoms with Crippen molar-refractivity contribution in [3.8, 4) is 0 Å². The number of thioether (sulfide) groups is 1. The smallest absolute Gasteiger partial charge is 0.305 e. The number of halogens is 1. The van der Waals surface area contributed by atoms with E-state index in [9.17, 15) is 81.4 Å². The van der Waals surface area contributed by atoms with Crippen molar-refractivity contribution in [1.29, 1.82) is 0 Å². The third-order valence-electron chi connectivity index (χ3n) is 16.6. The van der Waals surface area contributed by atoms with Gasteiger partial charge >= 0.3 is 5.97 Å². The third kappa shape index (κ3) is 52.4. The van der Waals surface area contributed by atoms with Gasteiger partial charge in [-0.2, -0.15) is 0 Å². The Kier molecular flexibility index (Phi) is 56.8. The van der Waals surface area contributed by atoms with Gasteiger partial charge in [-0.05, 0) is 55.4 Å². The molecule has 14 amide bonds. The highest BCUT2D eigenvalue weighted by molar-refractivity contribution is 8.76. The number of fused-ring (bicyclic) bond motifs is 5. The van der Waals surface area contributed by atoms with E-state index in [1.165, 1.54) is 30.5 Å². The molecule has 2 aromatic rings. The van der Waals surface area contributed by atoms with Crippen molar-refractivity contribution in [3.63, 3.8) is 0 Å². The number of aliphatic carboxylic acids is 1. The minimum Gasteiger partial charge on any atom is -0.481 e. The van der Waals surface area contributed by atoms with Crippen LogP contribution >= 0.6 is 33.3 Å². The molecule has 20 N–H and O–H groups in total. The number of carbonyl (C=O) groups excluding carboxylic acids is 14. The van der Waals surface area contributed by atoms with E-state index in [1.807, 2.05) is 0 Å². The maximum Gasteiger partial charge on any atom is 0.305 e. The second kappa shape index (κ2) is 66.3.